The number of carbonyl (C=O) groups is 4. The van der Waals surface area contributed by atoms with Crippen molar-refractivity contribution in [2.75, 3.05) is 20.3 Å². The van der Waals surface area contributed by atoms with E-state index in [-0.39, 0.29) is 12.1 Å². The van der Waals surface area contributed by atoms with E-state index in [9.17, 15) is 19.2 Å². The summed E-state index contributed by atoms with van der Waals surface area (Å²) < 4.78 is 16.0. The molecule has 34 heavy (non-hydrogen) atoms. The van der Waals surface area contributed by atoms with Crippen molar-refractivity contribution in [2.24, 2.45) is 0 Å². The second-order valence-electron chi connectivity index (χ2n) is 7.29. The molecule has 2 N–H and O–H groups in total. The van der Waals surface area contributed by atoms with Gasteiger partial charge in [-0.3, -0.25) is 19.8 Å². The molecule has 0 atom stereocenters. The second kappa shape index (κ2) is 11.0. The fourth-order valence-corrected chi connectivity index (χ4v) is 3.13. The van der Waals surface area contributed by atoms with Crippen molar-refractivity contribution in [1.82, 2.24) is 10.2 Å². The van der Waals surface area contributed by atoms with Crippen LogP contribution in [0.4, 0.5) is 4.79 Å². The van der Waals surface area contributed by atoms with Gasteiger partial charge in [0.05, 0.1) is 20.3 Å². The standard InChI is InChI=1S/C24H24N2O8/c1-3-10-33-19-9-6-16(12-20(19)32-2)13-26-23(30)18(22(29)25-24(26)31)11-15-4-7-17(8-5-15)34-14-21(27)28/h4-9,11-12H,3,10,13-14H2,1-2H3,(H,27,28)(H,25,29,31)/b18-11-. The van der Waals surface area contributed by atoms with Gasteiger partial charge in [-0.05, 0) is 47.9 Å². The summed E-state index contributed by atoms with van der Waals surface area (Å²) in [5, 5.41) is 10.8. The number of ether oxygens (including phenoxy) is 3. The number of imide groups is 2. The lowest BCUT2D eigenvalue weighted by molar-refractivity contribution is -0.139. The summed E-state index contributed by atoms with van der Waals surface area (Å²) in [6.45, 7) is 1.93. The van der Waals surface area contributed by atoms with Gasteiger partial charge in [0.25, 0.3) is 11.8 Å². The quantitative estimate of drug-likeness (QED) is 0.402. The van der Waals surface area contributed by atoms with Crippen molar-refractivity contribution in [3.05, 3.63) is 59.2 Å². The number of hydrogen-bond acceptors (Lipinski definition) is 7. The monoisotopic (exact) mass is 468 g/mol. The summed E-state index contributed by atoms with van der Waals surface area (Å²) in [7, 11) is 1.49. The Kier molecular flexibility index (Phi) is 7.86. The number of rotatable bonds is 10. The fraction of sp³-hybridized carbons (Fsp3) is 0.250. The molecule has 0 saturated carbocycles. The van der Waals surface area contributed by atoms with Crippen LogP contribution < -0.4 is 19.5 Å². The first-order valence-corrected chi connectivity index (χ1v) is 10.5. The Morgan fingerprint density at radius 3 is 2.44 bits per heavy atom. The lowest BCUT2D eigenvalue weighted by Crippen LogP contribution is -2.53. The number of carboxylic acid groups (broad SMARTS) is 1. The van der Waals surface area contributed by atoms with Gasteiger partial charge in [-0.15, -0.1) is 0 Å². The number of methoxy groups -OCH3 is 1. The zero-order valence-corrected chi connectivity index (χ0v) is 18.7. The average Bonchev–Trinajstić information content (AvgIpc) is 2.82. The molecule has 2 aromatic rings. The van der Waals surface area contributed by atoms with Gasteiger partial charge in [0.2, 0.25) is 0 Å². The number of barbiturate groups is 1. The topological polar surface area (TPSA) is 131 Å². The molecule has 4 amide bonds. The van der Waals surface area contributed by atoms with Crippen LogP contribution >= 0.6 is 0 Å². The summed E-state index contributed by atoms with van der Waals surface area (Å²) in [5.41, 5.74) is 0.890. The highest BCUT2D eigenvalue weighted by molar-refractivity contribution is 6.30. The number of aliphatic carboxylic acids is 1. The summed E-state index contributed by atoms with van der Waals surface area (Å²) in [6, 6.07) is 10.4. The van der Waals surface area contributed by atoms with E-state index in [2.05, 4.69) is 5.32 Å². The smallest absolute Gasteiger partial charge is 0.341 e. The number of nitrogens with zero attached hydrogens (tertiary/aromatic N) is 1. The minimum absolute atomic E-state index is 0.0817. The number of nitrogens with one attached hydrogen (secondary N) is 1. The van der Waals surface area contributed by atoms with E-state index in [1.165, 1.54) is 25.3 Å². The van der Waals surface area contributed by atoms with Gasteiger partial charge in [-0.1, -0.05) is 25.1 Å². The first-order valence-electron chi connectivity index (χ1n) is 10.5. The summed E-state index contributed by atoms with van der Waals surface area (Å²) >= 11 is 0. The largest absolute Gasteiger partial charge is 0.493 e. The van der Waals surface area contributed by atoms with Gasteiger partial charge in [-0.25, -0.2) is 9.59 Å². The first kappa shape index (κ1) is 24.3. The highest BCUT2D eigenvalue weighted by Crippen LogP contribution is 2.29. The van der Waals surface area contributed by atoms with Crippen molar-refractivity contribution in [1.29, 1.82) is 0 Å². The van der Waals surface area contributed by atoms with Crippen molar-refractivity contribution in [2.45, 2.75) is 19.9 Å². The van der Waals surface area contributed by atoms with E-state index in [4.69, 9.17) is 19.3 Å². The molecular formula is C24H24N2O8. The Hall–Kier alpha value is -4.34. The maximum atomic E-state index is 13.0. The van der Waals surface area contributed by atoms with E-state index in [0.717, 1.165) is 11.3 Å². The Morgan fingerprint density at radius 2 is 1.79 bits per heavy atom. The lowest BCUT2D eigenvalue weighted by Gasteiger charge is -2.26. The molecule has 1 aliphatic heterocycles. The van der Waals surface area contributed by atoms with Crippen molar-refractivity contribution >= 4 is 29.9 Å². The summed E-state index contributed by atoms with van der Waals surface area (Å²) in [6.07, 6.45) is 2.18. The average molecular weight is 468 g/mol. The number of carboxylic acids is 1. The van der Waals surface area contributed by atoms with Crippen LogP contribution in [0.2, 0.25) is 0 Å². The molecule has 0 spiro atoms. The van der Waals surface area contributed by atoms with Crippen LogP contribution in [0, 0.1) is 0 Å². The predicted molar refractivity (Wildman–Crippen MR) is 120 cm³/mol. The van der Waals surface area contributed by atoms with Crippen LogP contribution in [0.25, 0.3) is 6.08 Å². The molecule has 10 nitrogen and oxygen atoms in total. The maximum Gasteiger partial charge on any atom is 0.341 e. The van der Waals surface area contributed by atoms with Crippen LogP contribution in [0.5, 0.6) is 17.2 Å². The molecule has 10 heteroatoms. The molecule has 3 rings (SSSR count). The van der Waals surface area contributed by atoms with E-state index in [1.54, 1.807) is 30.3 Å². The third-order valence-corrected chi connectivity index (χ3v) is 4.77. The van der Waals surface area contributed by atoms with Crippen molar-refractivity contribution in [3.63, 3.8) is 0 Å². The van der Waals surface area contributed by atoms with E-state index >= 15 is 0 Å². The SMILES string of the molecule is CCCOc1ccc(CN2C(=O)NC(=O)/C(=C/c3ccc(OCC(=O)O)cc3)C2=O)cc1OC. The normalized spacial score (nSPS) is 14.7. The Labute approximate surface area is 195 Å². The molecular weight excluding hydrogens is 444 g/mol. The van der Waals surface area contributed by atoms with Crippen LogP contribution in [0.15, 0.2) is 48.0 Å². The second-order valence-corrected chi connectivity index (χ2v) is 7.29. The Balaban J connectivity index is 1.79. The van der Waals surface area contributed by atoms with Crippen LogP contribution in [0.3, 0.4) is 0 Å². The van der Waals surface area contributed by atoms with E-state index in [0.29, 0.717) is 35.0 Å². The van der Waals surface area contributed by atoms with Crippen molar-refractivity contribution in [3.8, 4) is 17.2 Å². The predicted octanol–water partition coefficient (Wildman–Crippen LogP) is 2.61. The number of carbonyl (C=O) groups excluding carboxylic acids is 3. The lowest BCUT2D eigenvalue weighted by atomic mass is 10.1. The fourth-order valence-electron chi connectivity index (χ4n) is 3.13. The summed E-state index contributed by atoms with van der Waals surface area (Å²) in [5.74, 6) is -1.33. The van der Waals surface area contributed by atoms with Gasteiger partial charge in [0.1, 0.15) is 11.3 Å². The molecule has 1 fully saturated rings. The molecule has 1 aliphatic rings. The number of urea groups is 1. The first-order chi connectivity index (χ1) is 16.3. The Bertz CT molecular complexity index is 1120. The van der Waals surface area contributed by atoms with Gasteiger partial charge in [0, 0.05) is 0 Å². The summed E-state index contributed by atoms with van der Waals surface area (Å²) in [4.78, 5) is 49.2. The van der Waals surface area contributed by atoms with Crippen LogP contribution in [-0.4, -0.2) is 54.1 Å². The molecule has 178 valence electrons. The zero-order valence-electron chi connectivity index (χ0n) is 18.7. The van der Waals surface area contributed by atoms with Gasteiger partial charge in [0.15, 0.2) is 18.1 Å². The molecule has 0 aliphatic carbocycles. The minimum Gasteiger partial charge on any atom is -0.493 e. The van der Waals surface area contributed by atoms with Crippen molar-refractivity contribution < 1.29 is 38.5 Å². The molecule has 0 radical (unpaired) electrons. The van der Waals surface area contributed by atoms with E-state index < -0.39 is 30.4 Å². The minimum atomic E-state index is -1.11. The third kappa shape index (κ3) is 5.91. The van der Waals surface area contributed by atoms with E-state index in [1.807, 2.05) is 6.92 Å². The van der Waals surface area contributed by atoms with Gasteiger partial charge >= 0.3 is 12.0 Å². The highest BCUT2D eigenvalue weighted by Gasteiger charge is 2.35. The third-order valence-electron chi connectivity index (χ3n) is 4.77. The number of hydrogen-bond donors (Lipinski definition) is 2. The molecule has 0 bridgehead atoms. The molecule has 2 aromatic carbocycles. The van der Waals surface area contributed by atoms with Crippen LogP contribution in [-0.2, 0) is 20.9 Å². The maximum absolute atomic E-state index is 13.0. The van der Waals surface area contributed by atoms with Gasteiger partial charge < -0.3 is 19.3 Å². The van der Waals surface area contributed by atoms with Crippen LogP contribution in [0.1, 0.15) is 24.5 Å². The number of amides is 4. The molecule has 1 heterocycles. The number of benzene rings is 2. The molecule has 1 saturated heterocycles. The Morgan fingerprint density at radius 1 is 1.06 bits per heavy atom. The highest BCUT2D eigenvalue weighted by atomic mass is 16.5. The molecule has 0 unspecified atom stereocenters. The zero-order chi connectivity index (χ0) is 24.7. The van der Waals surface area contributed by atoms with Gasteiger partial charge in [-0.2, -0.15) is 0 Å². The molecule has 0 aromatic heterocycles.